The Balaban J connectivity index is 0.00000203. The van der Waals surface area contributed by atoms with Crippen LogP contribution in [0.2, 0.25) is 0 Å². The van der Waals surface area contributed by atoms with Gasteiger partial charge in [-0.25, -0.2) is 0 Å². The number of morpholine rings is 1. The summed E-state index contributed by atoms with van der Waals surface area (Å²) in [6.45, 7) is 29.6. The molecule has 0 bridgehead atoms. The number of fused-ring (bicyclic) bond motifs is 4. The first-order valence-corrected chi connectivity index (χ1v) is 22.2. The number of hydrogen-bond donors (Lipinski definition) is 1. The molecule has 9 fully saturated rings. The zero-order valence-electron chi connectivity index (χ0n) is 35.5. The first-order chi connectivity index (χ1) is 25.5. The van der Waals surface area contributed by atoms with Crippen molar-refractivity contribution in [1.82, 2.24) is 9.80 Å². The van der Waals surface area contributed by atoms with Gasteiger partial charge in [-0.2, -0.15) is 0 Å². The Hall–Kier alpha value is -0.760. The van der Waals surface area contributed by atoms with E-state index in [1.807, 2.05) is 20.8 Å². The molecule has 9 rings (SSSR count). The molecule has 54 heavy (non-hydrogen) atoms. The molecule has 5 saturated carbocycles. The predicted molar refractivity (Wildman–Crippen MR) is 212 cm³/mol. The van der Waals surface area contributed by atoms with E-state index in [2.05, 4.69) is 64.2 Å². The van der Waals surface area contributed by atoms with Crippen LogP contribution in [0.25, 0.3) is 0 Å². The molecule has 5 aliphatic carbocycles. The molecule has 13 atom stereocenters. The van der Waals surface area contributed by atoms with Gasteiger partial charge in [0.05, 0.1) is 50.3 Å². The van der Waals surface area contributed by atoms with Crippen LogP contribution in [0.5, 0.6) is 0 Å². The van der Waals surface area contributed by atoms with E-state index in [-0.39, 0.29) is 35.6 Å². The van der Waals surface area contributed by atoms with Crippen LogP contribution in [0.3, 0.4) is 0 Å². The summed E-state index contributed by atoms with van der Waals surface area (Å²) in [7, 11) is 0. The van der Waals surface area contributed by atoms with E-state index < -0.39 is 5.60 Å². The number of terminal acetylenes is 1. The first-order valence-electron chi connectivity index (χ1n) is 22.2. The Bertz CT molecular complexity index is 1400. The zero-order valence-corrected chi connectivity index (χ0v) is 35.5. The van der Waals surface area contributed by atoms with Gasteiger partial charge in [0.25, 0.3) is 0 Å². The molecule has 8 nitrogen and oxygen atoms in total. The Morgan fingerprint density at radius 1 is 0.907 bits per heavy atom. The Labute approximate surface area is 328 Å². The third-order valence-electron chi connectivity index (χ3n) is 18.4. The monoisotopic (exact) mass is 753 g/mol. The van der Waals surface area contributed by atoms with Crippen LogP contribution in [0, 0.1) is 69.5 Å². The van der Waals surface area contributed by atoms with Crippen molar-refractivity contribution in [2.45, 2.75) is 162 Å². The van der Waals surface area contributed by atoms with E-state index in [0.717, 1.165) is 76.7 Å². The van der Waals surface area contributed by atoms with Crippen molar-refractivity contribution < 1.29 is 28.8 Å². The second kappa shape index (κ2) is 13.7. The summed E-state index contributed by atoms with van der Waals surface area (Å²) in [6.07, 6.45) is 19.5. The summed E-state index contributed by atoms with van der Waals surface area (Å²) >= 11 is 0. The van der Waals surface area contributed by atoms with Crippen molar-refractivity contribution in [2.24, 2.45) is 56.7 Å². The van der Waals surface area contributed by atoms with Crippen molar-refractivity contribution in [2.75, 3.05) is 59.2 Å². The molecule has 0 aromatic rings. The van der Waals surface area contributed by atoms with Gasteiger partial charge in [0, 0.05) is 43.7 Å². The predicted octanol–water partition coefficient (Wildman–Crippen LogP) is 7.02. The van der Waals surface area contributed by atoms with Gasteiger partial charge in [0.15, 0.2) is 6.29 Å². The minimum atomic E-state index is -0.903. The lowest BCUT2D eigenvalue weighted by atomic mass is 9.46. The maximum Gasteiger partial charge on any atom is 0.170 e. The zero-order chi connectivity index (χ0) is 38.7. The van der Waals surface area contributed by atoms with Gasteiger partial charge in [0.2, 0.25) is 0 Å². The first kappa shape index (κ1) is 40.0. The molecule has 2 spiro atoms. The number of likely N-dealkylation sites (tertiary alicyclic amines) is 1. The van der Waals surface area contributed by atoms with Gasteiger partial charge in [-0.15, -0.1) is 12.8 Å². The second-order valence-electron chi connectivity index (χ2n) is 22.0. The average Bonchev–Trinajstić information content (AvgIpc) is 3.48. The van der Waals surface area contributed by atoms with Crippen LogP contribution >= 0.6 is 0 Å². The quantitative estimate of drug-likeness (QED) is 0.252. The van der Waals surface area contributed by atoms with Gasteiger partial charge in [-0.05, 0) is 137 Å². The van der Waals surface area contributed by atoms with Crippen LogP contribution in [0.15, 0.2) is 0 Å². The lowest BCUT2D eigenvalue weighted by molar-refractivity contribution is -0.257. The third kappa shape index (κ3) is 5.81. The summed E-state index contributed by atoms with van der Waals surface area (Å²) in [5.74, 6) is 3.71. The molecule has 0 aromatic heterocycles. The van der Waals surface area contributed by atoms with Crippen molar-refractivity contribution in [1.29, 1.82) is 0 Å². The standard InChI is InChI=1S/C44H74N2O6.C2H2/c1-10-49-37(39(5,6)47)32-13-11-30-33(51-32)21-31-29-12-14-34-38(3,4)35(15-16-44(34)28(2)43(29,44)18-17-42(30,31)9)52-36-22-46(19-20-50-36)41(8)24-45(25-41)23-40(7)26-48-27-40;1-2/h28-37,47H,10-27H2,1-9H3;1-2H/t28-,29?,30?,31?,32?,33?,34?,35-,36?,37-,42+,43-,44?;/m0./s1. The second-order valence-corrected chi connectivity index (χ2v) is 22.0. The molecule has 0 aromatic carbocycles. The van der Waals surface area contributed by atoms with Crippen molar-refractivity contribution in [3.8, 4) is 12.8 Å². The number of ether oxygens (including phenoxy) is 5. The lowest BCUT2D eigenvalue weighted by Crippen LogP contribution is -2.72. The van der Waals surface area contributed by atoms with Crippen molar-refractivity contribution >= 4 is 0 Å². The van der Waals surface area contributed by atoms with E-state index in [4.69, 9.17) is 23.7 Å². The molecule has 4 heterocycles. The number of nitrogens with zero attached hydrogens (tertiary/aromatic N) is 2. The minimum absolute atomic E-state index is 0.0144. The largest absolute Gasteiger partial charge is 0.388 e. The molecule has 8 unspecified atom stereocenters. The van der Waals surface area contributed by atoms with E-state index in [0.29, 0.717) is 46.2 Å². The fraction of sp³-hybridized carbons (Fsp3) is 0.957. The van der Waals surface area contributed by atoms with Crippen LogP contribution in [0.4, 0.5) is 0 Å². The summed E-state index contributed by atoms with van der Waals surface area (Å²) in [4.78, 5) is 5.32. The van der Waals surface area contributed by atoms with Gasteiger partial charge in [-0.1, -0.05) is 34.6 Å². The third-order valence-corrected chi connectivity index (χ3v) is 18.4. The molecule has 306 valence electrons. The normalized spacial score (nSPS) is 47.8. The fourth-order valence-corrected chi connectivity index (χ4v) is 16.1. The van der Waals surface area contributed by atoms with Crippen molar-refractivity contribution in [3.63, 3.8) is 0 Å². The van der Waals surface area contributed by atoms with E-state index in [9.17, 15) is 5.11 Å². The van der Waals surface area contributed by atoms with Crippen LogP contribution in [0.1, 0.15) is 120 Å². The lowest BCUT2D eigenvalue weighted by Gasteiger charge is -2.60. The SMILES string of the molecule is C#C.CCO[C@@H](C1CCC2C(CC3C4CCC5C(C)(C)[C@@H](OC6CN(C7(C)CN(CC8(C)COC8)C7)CCO6)CCC56[C@@H](C)[C@@]46CC[C@]23C)O1)C(C)(C)O. The molecule has 8 heteroatoms. The maximum atomic E-state index is 11.0. The summed E-state index contributed by atoms with van der Waals surface area (Å²) in [5.41, 5.74) is 1.11. The highest BCUT2D eigenvalue weighted by atomic mass is 16.7. The van der Waals surface area contributed by atoms with Crippen LogP contribution in [-0.4, -0.2) is 116 Å². The highest BCUT2D eigenvalue weighted by molar-refractivity contribution is 5.32. The minimum Gasteiger partial charge on any atom is -0.388 e. The van der Waals surface area contributed by atoms with Gasteiger partial charge >= 0.3 is 0 Å². The van der Waals surface area contributed by atoms with E-state index in [1.54, 1.807) is 0 Å². The highest BCUT2D eigenvalue weighted by Gasteiger charge is 2.84. The summed E-state index contributed by atoms with van der Waals surface area (Å²) in [5, 5.41) is 11.0. The van der Waals surface area contributed by atoms with Crippen molar-refractivity contribution in [3.05, 3.63) is 0 Å². The molecule has 0 amide bonds. The van der Waals surface area contributed by atoms with Crippen LogP contribution < -0.4 is 0 Å². The van der Waals surface area contributed by atoms with Crippen LogP contribution in [-0.2, 0) is 23.7 Å². The summed E-state index contributed by atoms with van der Waals surface area (Å²) < 4.78 is 32.3. The molecule has 9 aliphatic rings. The van der Waals surface area contributed by atoms with Gasteiger partial charge < -0.3 is 28.8 Å². The van der Waals surface area contributed by atoms with E-state index in [1.165, 1.54) is 51.4 Å². The summed E-state index contributed by atoms with van der Waals surface area (Å²) in [6, 6.07) is 0. The Morgan fingerprint density at radius 3 is 2.30 bits per heavy atom. The highest BCUT2D eigenvalue weighted by Crippen LogP contribution is 2.89. The molecule has 4 aliphatic heterocycles. The average molecular weight is 753 g/mol. The molecule has 1 N–H and O–H groups in total. The van der Waals surface area contributed by atoms with Gasteiger partial charge in [-0.3, -0.25) is 9.80 Å². The number of aliphatic hydroxyl groups is 1. The molecular formula is C46H76N2O6. The molecule has 4 saturated heterocycles. The molecule has 0 radical (unpaired) electrons. The Kier molecular flexibility index (Phi) is 10.1. The fourth-order valence-electron chi connectivity index (χ4n) is 16.1. The number of rotatable bonds is 9. The molecular weight excluding hydrogens is 677 g/mol. The number of hydrogen-bond acceptors (Lipinski definition) is 8. The van der Waals surface area contributed by atoms with E-state index >= 15 is 0 Å². The van der Waals surface area contributed by atoms with Gasteiger partial charge in [0.1, 0.15) is 6.10 Å². The topological polar surface area (TPSA) is 72.9 Å². The smallest absolute Gasteiger partial charge is 0.170 e. The Morgan fingerprint density at radius 2 is 1.63 bits per heavy atom. The maximum absolute atomic E-state index is 11.0.